The Kier molecular flexibility index (Phi) is 8.20. The maximum atomic E-state index is 12.5. The highest BCUT2D eigenvalue weighted by atomic mass is 16.5. The van der Waals surface area contributed by atoms with Crippen molar-refractivity contribution in [2.75, 3.05) is 19.8 Å². The minimum atomic E-state index is -0.663. The summed E-state index contributed by atoms with van der Waals surface area (Å²) in [6.45, 7) is 17.0. The topological polar surface area (TPSA) is 73.6 Å². The summed E-state index contributed by atoms with van der Waals surface area (Å²) in [6, 6.07) is -0.140. The highest BCUT2D eigenvalue weighted by molar-refractivity contribution is 5.88. The lowest BCUT2D eigenvalue weighted by atomic mass is 9.91. The Morgan fingerprint density at radius 1 is 1.18 bits per heavy atom. The molecule has 22 heavy (non-hydrogen) atoms. The van der Waals surface area contributed by atoms with E-state index in [1.165, 1.54) is 0 Å². The van der Waals surface area contributed by atoms with Crippen LogP contribution in [0, 0.1) is 0 Å². The zero-order valence-electron chi connectivity index (χ0n) is 15.7. The smallest absolute Gasteiger partial charge is 0.177 e. The van der Waals surface area contributed by atoms with E-state index >= 15 is 0 Å². The third-order valence-electron chi connectivity index (χ3n) is 4.10. The van der Waals surface area contributed by atoms with Crippen molar-refractivity contribution in [2.24, 2.45) is 5.73 Å². The fourth-order valence-corrected chi connectivity index (χ4v) is 2.01. The van der Waals surface area contributed by atoms with Gasteiger partial charge in [-0.05, 0) is 61.8 Å². The molecule has 0 aliphatic heterocycles. The second-order valence-electron chi connectivity index (χ2n) is 7.68. The molecule has 0 aliphatic rings. The van der Waals surface area contributed by atoms with Crippen LogP contribution in [0.25, 0.3) is 0 Å². The van der Waals surface area contributed by atoms with Gasteiger partial charge in [0.25, 0.3) is 0 Å². The Labute approximate surface area is 136 Å². The van der Waals surface area contributed by atoms with Crippen molar-refractivity contribution in [3.8, 4) is 0 Å². The Morgan fingerprint density at radius 2 is 1.73 bits per heavy atom. The van der Waals surface area contributed by atoms with E-state index in [0.29, 0.717) is 13.2 Å². The molecule has 0 heterocycles. The molecule has 0 rings (SSSR count). The van der Waals surface area contributed by atoms with E-state index in [-0.39, 0.29) is 24.0 Å². The van der Waals surface area contributed by atoms with Gasteiger partial charge in [0, 0.05) is 24.8 Å². The quantitative estimate of drug-likeness (QED) is 0.572. The van der Waals surface area contributed by atoms with E-state index in [2.05, 4.69) is 19.2 Å². The molecule has 0 bridgehead atoms. The molecule has 3 N–H and O–H groups in total. The maximum Gasteiger partial charge on any atom is 0.177 e. The van der Waals surface area contributed by atoms with Crippen LogP contribution in [0.2, 0.25) is 0 Å². The molecular weight excluding hydrogens is 280 g/mol. The van der Waals surface area contributed by atoms with Crippen LogP contribution in [0.1, 0.15) is 61.8 Å². The summed E-state index contributed by atoms with van der Waals surface area (Å²) in [4.78, 5) is 12.5. The third kappa shape index (κ3) is 7.68. The van der Waals surface area contributed by atoms with E-state index < -0.39 is 11.1 Å². The Balaban J connectivity index is 4.56. The molecule has 1 atom stereocenters. The fourth-order valence-electron chi connectivity index (χ4n) is 2.01. The van der Waals surface area contributed by atoms with Crippen molar-refractivity contribution in [1.82, 2.24) is 5.32 Å². The summed E-state index contributed by atoms with van der Waals surface area (Å²) in [7, 11) is 0. The van der Waals surface area contributed by atoms with Crippen molar-refractivity contribution in [1.29, 1.82) is 0 Å². The molecule has 0 saturated heterocycles. The minimum Gasteiger partial charge on any atom is -0.382 e. The van der Waals surface area contributed by atoms with Crippen molar-refractivity contribution < 1.29 is 14.3 Å². The number of Topliss-reactive ketones (excluding diaryl/α,β-unsaturated/α-hetero) is 1. The summed E-state index contributed by atoms with van der Waals surface area (Å²) < 4.78 is 11.1. The van der Waals surface area contributed by atoms with E-state index in [9.17, 15) is 4.79 Å². The average molecular weight is 316 g/mol. The van der Waals surface area contributed by atoms with Gasteiger partial charge in [0.05, 0.1) is 11.1 Å². The standard InChI is InChI=1S/C17H36N2O3/c1-9-21-11-10-15(3,4)19-16(5,6)14(20)12-22-17(7,8)13(2)18/h13,19H,9-12,18H2,1-8H3. The summed E-state index contributed by atoms with van der Waals surface area (Å²) in [6.07, 6.45) is 0.837. The van der Waals surface area contributed by atoms with Crippen LogP contribution in [0.4, 0.5) is 0 Å². The van der Waals surface area contributed by atoms with Gasteiger partial charge in [0.2, 0.25) is 0 Å². The monoisotopic (exact) mass is 316 g/mol. The number of carbonyl (C=O) groups is 1. The van der Waals surface area contributed by atoms with Crippen LogP contribution in [-0.2, 0) is 14.3 Å². The number of hydrogen-bond acceptors (Lipinski definition) is 5. The number of rotatable bonds is 11. The van der Waals surface area contributed by atoms with E-state index in [1.807, 2.05) is 41.5 Å². The van der Waals surface area contributed by atoms with Gasteiger partial charge in [-0.25, -0.2) is 0 Å². The number of nitrogens with one attached hydrogen (secondary N) is 1. The van der Waals surface area contributed by atoms with Crippen LogP contribution in [-0.4, -0.2) is 48.3 Å². The van der Waals surface area contributed by atoms with Crippen LogP contribution >= 0.6 is 0 Å². The van der Waals surface area contributed by atoms with Crippen molar-refractivity contribution >= 4 is 5.78 Å². The summed E-state index contributed by atoms with van der Waals surface area (Å²) in [5, 5.41) is 3.42. The van der Waals surface area contributed by atoms with Gasteiger partial charge < -0.3 is 20.5 Å². The number of hydrogen-bond donors (Lipinski definition) is 2. The van der Waals surface area contributed by atoms with E-state index in [0.717, 1.165) is 6.42 Å². The number of ether oxygens (including phenoxy) is 2. The Morgan fingerprint density at radius 3 is 2.18 bits per heavy atom. The molecule has 0 aromatic heterocycles. The van der Waals surface area contributed by atoms with Gasteiger partial charge in [-0.3, -0.25) is 4.79 Å². The summed E-state index contributed by atoms with van der Waals surface area (Å²) >= 11 is 0. The lowest BCUT2D eigenvalue weighted by Gasteiger charge is -2.37. The van der Waals surface area contributed by atoms with Crippen LogP contribution in [0.5, 0.6) is 0 Å². The molecule has 0 fully saturated rings. The van der Waals surface area contributed by atoms with Crippen LogP contribution < -0.4 is 11.1 Å². The molecule has 0 saturated carbocycles. The van der Waals surface area contributed by atoms with Gasteiger partial charge in [-0.15, -0.1) is 0 Å². The first kappa shape index (κ1) is 21.5. The molecule has 5 heteroatoms. The predicted octanol–water partition coefficient (Wildman–Crippen LogP) is 2.27. The molecule has 132 valence electrons. The first-order valence-corrected chi connectivity index (χ1v) is 8.14. The van der Waals surface area contributed by atoms with Gasteiger partial charge in [-0.1, -0.05) is 0 Å². The molecule has 0 radical (unpaired) electrons. The van der Waals surface area contributed by atoms with Gasteiger partial charge >= 0.3 is 0 Å². The highest BCUT2D eigenvalue weighted by Gasteiger charge is 2.35. The van der Waals surface area contributed by atoms with E-state index in [1.54, 1.807) is 0 Å². The average Bonchev–Trinajstić information content (AvgIpc) is 2.34. The van der Waals surface area contributed by atoms with Crippen molar-refractivity contribution in [3.05, 3.63) is 0 Å². The second kappa shape index (κ2) is 8.39. The number of ketones is 1. The largest absolute Gasteiger partial charge is 0.382 e. The lowest BCUT2D eigenvalue weighted by Crippen LogP contribution is -2.58. The van der Waals surface area contributed by atoms with Crippen LogP contribution in [0.15, 0.2) is 0 Å². The molecule has 0 spiro atoms. The highest BCUT2D eigenvalue weighted by Crippen LogP contribution is 2.18. The molecule has 1 unspecified atom stereocenters. The first-order valence-electron chi connectivity index (χ1n) is 8.14. The first-order chi connectivity index (χ1) is 9.84. The SMILES string of the molecule is CCOCCC(C)(C)NC(C)(C)C(=O)COC(C)(C)C(C)N. The minimum absolute atomic E-state index is 0.0192. The lowest BCUT2D eigenvalue weighted by molar-refractivity contribution is -0.136. The zero-order chi connectivity index (χ0) is 17.6. The van der Waals surface area contributed by atoms with Crippen molar-refractivity contribution in [2.45, 2.75) is 84.5 Å². The van der Waals surface area contributed by atoms with Gasteiger partial charge in [0.1, 0.15) is 6.61 Å². The summed E-state index contributed by atoms with van der Waals surface area (Å²) in [5.41, 5.74) is 4.50. The number of nitrogens with two attached hydrogens (primary N) is 1. The predicted molar refractivity (Wildman–Crippen MR) is 91.1 cm³/mol. The third-order valence-corrected chi connectivity index (χ3v) is 4.10. The molecule has 0 amide bonds. The Hall–Kier alpha value is -0.490. The molecule has 0 aromatic carbocycles. The molecular formula is C17H36N2O3. The van der Waals surface area contributed by atoms with Crippen LogP contribution in [0.3, 0.4) is 0 Å². The van der Waals surface area contributed by atoms with Crippen molar-refractivity contribution in [3.63, 3.8) is 0 Å². The van der Waals surface area contributed by atoms with Gasteiger partial charge in [-0.2, -0.15) is 0 Å². The molecule has 5 nitrogen and oxygen atoms in total. The second-order valence-corrected chi connectivity index (χ2v) is 7.68. The zero-order valence-corrected chi connectivity index (χ0v) is 15.7. The van der Waals surface area contributed by atoms with Gasteiger partial charge in [0.15, 0.2) is 5.78 Å². The van der Waals surface area contributed by atoms with E-state index in [4.69, 9.17) is 15.2 Å². The Bertz CT molecular complexity index is 350. The molecule has 0 aliphatic carbocycles. The maximum absolute atomic E-state index is 12.5. The normalized spacial score (nSPS) is 15.0. The summed E-state index contributed by atoms with van der Waals surface area (Å²) in [5.74, 6) is 0.0192. The number of carbonyl (C=O) groups excluding carboxylic acids is 1. The molecule has 0 aromatic rings. The fraction of sp³-hybridized carbons (Fsp3) is 0.941.